The van der Waals surface area contributed by atoms with Crippen LogP contribution in [0.15, 0.2) is 35.1 Å². The lowest BCUT2D eigenvalue weighted by atomic mass is 10.1. The third kappa shape index (κ3) is 3.61. The van der Waals surface area contributed by atoms with Crippen molar-refractivity contribution in [3.8, 4) is 0 Å². The smallest absolute Gasteiger partial charge is 0.0534 e. The van der Waals surface area contributed by atoms with E-state index in [-0.39, 0.29) is 6.04 Å². The molecule has 1 unspecified atom stereocenters. The average molecular weight is 358 g/mol. The Balaban J connectivity index is 2.18. The minimum Gasteiger partial charge on any atom is -0.329 e. The van der Waals surface area contributed by atoms with E-state index in [1.54, 1.807) is 4.68 Å². The number of benzene rings is 1. The van der Waals surface area contributed by atoms with Gasteiger partial charge in [-0.25, -0.2) is 0 Å². The normalized spacial score (nSPS) is 12.9. The van der Waals surface area contributed by atoms with Crippen LogP contribution in [0.25, 0.3) is 0 Å². The number of hydrogen-bond acceptors (Lipinski definition) is 3. The SMILES string of the molecule is CN(Cc1cnn(C)c1)C(CN)c1ccc(Cl)cc1Br. The van der Waals surface area contributed by atoms with Crippen molar-refractivity contribution in [3.63, 3.8) is 0 Å². The fraction of sp³-hybridized carbons (Fsp3) is 0.357. The predicted molar refractivity (Wildman–Crippen MR) is 85.6 cm³/mol. The van der Waals surface area contributed by atoms with E-state index in [9.17, 15) is 0 Å². The monoisotopic (exact) mass is 356 g/mol. The Morgan fingerprint density at radius 3 is 2.80 bits per heavy atom. The van der Waals surface area contributed by atoms with Gasteiger partial charge in [0.15, 0.2) is 0 Å². The summed E-state index contributed by atoms with van der Waals surface area (Å²) < 4.78 is 2.79. The molecule has 0 amide bonds. The maximum absolute atomic E-state index is 5.99. The van der Waals surface area contributed by atoms with Gasteiger partial charge < -0.3 is 5.73 Å². The zero-order valence-electron chi connectivity index (χ0n) is 11.6. The summed E-state index contributed by atoms with van der Waals surface area (Å²) in [5.74, 6) is 0. The second-order valence-corrected chi connectivity index (χ2v) is 6.15. The molecule has 4 nitrogen and oxygen atoms in total. The van der Waals surface area contributed by atoms with E-state index in [0.29, 0.717) is 11.6 Å². The van der Waals surface area contributed by atoms with Crippen LogP contribution < -0.4 is 5.73 Å². The quantitative estimate of drug-likeness (QED) is 0.895. The van der Waals surface area contributed by atoms with Crippen molar-refractivity contribution >= 4 is 27.5 Å². The average Bonchev–Trinajstić information content (AvgIpc) is 2.78. The van der Waals surface area contributed by atoms with Gasteiger partial charge in [0, 0.05) is 47.4 Å². The van der Waals surface area contributed by atoms with Crippen molar-refractivity contribution in [2.75, 3.05) is 13.6 Å². The highest BCUT2D eigenvalue weighted by molar-refractivity contribution is 9.10. The number of likely N-dealkylation sites (N-methyl/N-ethyl adjacent to an activating group) is 1. The minimum absolute atomic E-state index is 0.127. The molecule has 1 atom stereocenters. The summed E-state index contributed by atoms with van der Waals surface area (Å²) in [6.45, 7) is 1.34. The number of aromatic nitrogens is 2. The van der Waals surface area contributed by atoms with Crippen molar-refractivity contribution in [1.82, 2.24) is 14.7 Å². The number of nitrogens with two attached hydrogens (primary N) is 1. The Kier molecular flexibility index (Phi) is 5.21. The van der Waals surface area contributed by atoms with Crippen LogP contribution in [0.5, 0.6) is 0 Å². The van der Waals surface area contributed by atoms with Crippen molar-refractivity contribution in [1.29, 1.82) is 0 Å². The van der Waals surface area contributed by atoms with Crippen LogP contribution in [0.2, 0.25) is 5.02 Å². The summed E-state index contributed by atoms with van der Waals surface area (Å²) in [7, 11) is 3.98. The van der Waals surface area contributed by atoms with E-state index in [1.165, 1.54) is 5.56 Å². The first-order chi connectivity index (χ1) is 9.51. The van der Waals surface area contributed by atoms with Crippen LogP contribution in [-0.4, -0.2) is 28.3 Å². The molecule has 1 aromatic heterocycles. The Labute approximate surface area is 132 Å². The Bertz CT molecular complexity index is 584. The first-order valence-corrected chi connectivity index (χ1v) is 7.51. The molecular formula is C14H18BrClN4. The molecule has 2 aromatic rings. The molecule has 0 aliphatic heterocycles. The molecule has 0 saturated heterocycles. The van der Waals surface area contributed by atoms with E-state index in [2.05, 4.69) is 33.0 Å². The summed E-state index contributed by atoms with van der Waals surface area (Å²) in [5.41, 5.74) is 8.26. The molecule has 0 saturated carbocycles. The van der Waals surface area contributed by atoms with E-state index >= 15 is 0 Å². The van der Waals surface area contributed by atoms with Gasteiger partial charge in [-0.15, -0.1) is 0 Å². The zero-order valence-corrected chi connectivity index (χ0v) is 13.9. The number of rotatable bonds is 5. The van der Waals surface area contributed by atoms with Gasteiger partial charge in [0.05, 0.1) is 6.20 Å². The molecule has 0 fully saturated rings. The van der Waals surface area contributed by atoms with Crippen molar-refractivity contribution < 1.29 is 0 Å². The highest BCUT2D eigenvalue weighted by Crippen LogP contribution is 2.29. The van der Waals surface area contributed by atoms with E-state index in [0.717, 1.165) is 16.6 Å². The first-order valence-electron chi connectivity index (χ1n) is 6.34. The van der Waals surface area contributed by atoms with E-state index in [1.807, 2.05) is 37.6 Å². The maximum atomic E-state index is 5.99. The highest BCUT2D eigenvalue weighted by Gasteiger charge is 2.18. The summed E-state index contributed by atoms with van der Waals surface area (Å²) >= 11 is 9.55. The summed E-state index contributed by atoms with van der Waals surface area (Å²) in [6.07, 6.45) is 3.89. The Morgan fingerprint density at radius 1 is 1.50 bits per heavy atom. The molecule has 0 spiro atoms. The zero-order chi connectivity index (χ0) is 14.7. The van der Waals surface area contributed by atoms with Gasteiger partial charge >= 0.3 is 0 Å². The molecule has 2 rings (SSSR count). The minimum atomic E-state index is 0.127. The second-order valence-electron chi connectivity index (χ2n) is 4.85. The molecule has 1 heterocycles. The van der Waals surface area contributed by atoms with Crippen LogP contribution in [-0.2, 0) is 13.6 Å². The maximum Gasteiger partial charge on any atom is 0.0534 e. The van der Waals surface area contributed by atoms with Gasteiger partial charge in [0.25, 0.3) is 0 Å². The van der Waals surface area contributed by atoms with Gasteiger partial charge in [0.1, 0.15) is 0 Å². The molecule has 108 valence electrons. The number of nitrogens with zero attached hydrogens (tertiary/aromatic N) is 3. The first kappa shape index (κ1) is 15.5. The molecule has 2 N–H and O–H groups in total. The summed E-state index contributed by atoms with van der Waals surface area (Å²) in [6, 6.07) is 5.94. The molecular weight excluding hydrogens is 340 g/mol. The topological polar surface area (TPSA) is 47.1 Å². The predicted octanol–water partition coefficient (Wildman–Crippen LogP) is 2.97. The fourth-order valence-corrected chi connectivity index (χ4v) is 3.21. The number of aryl methyl sites for hydroxylation is 1. The van der Waals surface area contributed by atoms with Crippen LogP contribution >= 0.6 is 27.5 Å². The van der Waals surface area contributed by atoms with Crippen LogP contribution in [0.3, 0.4) is 0 Å². The van der Waals surface area contributed by atoms with Crippen LogP contribution in [0.4, 0.5) is 0 Å². The van der Waals surface area contributed by atoms with E-state index in [4.69, 9.17) is 17.3 Å². The third-order valence-electron chi connectivity index (χ3n) is 3.27. The molecule has 0 aliphatic rings. The van der Waals surface area contributed by atoms with Crippen molar-refractivity contribution in [2.24, 2.45) is 12.8 Å². The lowest BCUT2D eigenvalue weighted by Gasteiger charge is -2.27. The Hall–Kier alpha value is -0.880. The lowest BCUT2D eigenvalue weighted by molar-refractivity contribution is 0.241. The molecule has 0 bridgehead atoms. The third-order valence-corrected chi connectivity index (χ3v) is 4.19. The standard InChI is InChI=1S/C14H18BrClN4/c1-19(8-10-7-18-20(2)9-10)14(6-17)12-4-3-11(16)5-13(12)15/h3-5,7,9,14H,6,8,17H2,1-2H3. The fourth-order valence-electron chi connectivity index (χ4n) is 2.27. The van der Waals surface area contributed by atoms with Crippen LogP contribution in [0, 0.1) is 0 Å². The number of halogens is 2. The van der Waals surface area contributed by atoms with E-state index < -0.39 is 0 Å². The van der Waals surface area contributed by atoms with Crippen molar-refractivity contribution in [2.45, 2.75) is 12.6 Å². The number of hydrogen-bond donors (Lipinski definition) is 1. The second kappa shape index (κ2) is 6.72. The van der Waals surface area contributed by atoms with Gasteiger partial charge in [-0.2, -0.15) is 5.10 Å². The van der Waals surface area contributed by atoms with Gasteiger partial charge in [-0.05, 0) is 24.7 Å². The largest absolute Gasteiger partial charge is 0.329 e. The Morgan fingerprint density at radius 2 is 2.25 bits per heavy atom. The summed E-state index contributed by atoms with van der Waals surface area (Å²) in [5, 5.41) is 4.90. The molecule has 1 aromatic carbocycles. The molecule has 0 radical (unpaired) electrons. The molecule has 20 heavy (non-hydrogen) atoms. The lowest BCUT2D eigenvalue weighted by Crippen LogP contribution is -2.30. The van der Waals surface area contributed by atoms with Gasteiger partial charge in [0.2, 0.25) is 0 Å². The van der Waals surface area contributed by atoms with Gasteiger partial charge in [-0.3, -0.25) is 9.58 Å². The molecule has 6 heteroatoms. The summed E-state index contributed by atoms with van der Waals surface area (Å²) in [4.78, 5) is 2.21. The highest BCUT2D eigenvalue weighted by atomic mass is 79.9. The van der Waals surface area contributed by atoms with Crippen molar-refractivity contribution in [3.05, 3.63) is 51.2 Å². The van der Waals surface area contributed by atoms with Gasteiger partial charge in [-0.1, -0.05) is 33.6 Å². The van der Waals surface area contributed by atoms with Crippen LogP contribution in [0.1, 0.15) is 17.2 Å². The molecule has 0 aliphatic carbocycles.